The minimum absolute atomic E-state index is 0.0760. The first-order chi connectivity index (χ1) is 29.7. The number of phosphoric ester groups is 2. The van der Waals surface area contributed by atoms with Crippen LogP contribution in [0.15, 0.2) is 0 Å². The highest BCUT2D eigenvalue weighted by molar-refractivity contribution is 7.47. The van der Waals surface area contributed by atoms with Crippen LogP contribution in [-0.2, 0) is 65.4 Å². The predicted octanol–water partition coefficient (Wildman–Crippen LogP) is 9.75. The van der Waals surface area contributed by atoms with Gasteiger partial charge in [-0.2, -0.15) is 0 Å². The van der Waals surface area contributed by atoms with Crippen molar-refractivity contribution >= 4 is 39.5 Å². The van der Waals surface area contributed by atoms with E-state index in [0.717, 1.165) is 44.9 Å². The Balaban J connectivity index is 4.77. The molecule has 2 unspecified atom stereocenters. The SMILES string of the molecule is CCCCCCCCCCCCCCCCCC(=O)OC[C@H](COP(=O)(O)OC[C@H](O)COP(=O)(O)OC[C@@H](COC(=O)CCCC)OC(=O)CCCC)OC(=O)CCCCC. The molecule has 0 heterocycles. The van der Waals surface area contributed by atoms with Crippen LogP contribution in [0.1, 0.15) is 195 Å². The third-order valence-corrected chi connectivity index (χ3v) is 11.5. The van der Waals surface area contributed by atoms with E-state index in [1.54, 1.807) is 0 Å². The summed E-state index contributed by atoms with van der Waals surface area (Å²) in [4.78, 5) is 69.4. The third kappa shape index (κ3) is 38.5. The molecule has 19 heteroatoms. The van der Waals surface area contributed by atoms with Crippen LogP contribution >= 0.6 is 15.6 Å². The Kier molecular flexibility index (Phi) is 38.2. The lowest BCUT2D eigenvalue weighted by atomic mass is 10.0. The first-order valence-corrected chi connectivity index (χ1v) is 26.3. The average molecular weight is 933 g/mol. The third-order valence-electron chi connectivity index (χ3n) is 9.60. The molecule has 3 N–H and O–H groups in total. The maximum absolute atomic E-state index is 12.6. The van der Waals surface area contributed by atoms with E-state index in [2.05, 4.69) is 6.92 Å². The molecule has 0 bridgehead atoms. The summed E-state index contributed by atoms with van der Waals surface area (Å²) in [5.74, 6) is -2.26. The van der Waals surface area contributed by atoms with Gasteiger partial charge in [-0.05, 0) is 25.7 Å². The number of esters is 4. The second-order valence-corrected chi connectivity index (χ2v) is 18.6. The normalized spacial score (nSPS) is 14.9. The second-order valence-electron chi connectivity index (χ2n) is 15.7. The van der Waals surface area contributed by atoms with Gasteiger partial charge >= 0.3 is 39.5 Å². The number of carbonyl (C=O) groups excluding carboxylic acids is 4. The zero-order valence-corrected chi connectivity index (χ0v) is 40.1. The fraction of sp³-hybridized carbons (Fsp3) is 0.907. The Morgan fingerprint density at radius 2 is 0.661 bits per heavy atom. The molecular formula is C43H82O17P2. The van der Waals surface area contributed by atoms with Crippen LogP contribution in [0.4, 0.5) is 0 Å². The number of phosphoric acid groups is 2. The van der Waals surface area contributed by atoms with E-state index < -0.39 is 97.5 Å². The number of aliphatic hydroxyl groups is 1. The Bertz CT molecular complexity index is 1250. The van der Waals surface area contributed by atoms with E-state index in [-0.39, 0.29) is 25.7 Å². The van der Waals surface area contributed by atoms with Gasteiger partial charge in [0.15, 0.2) is 12.2 Å². The van der Waals surface area contributed by atoms with Crippen molar-refractivity contribution in [2.45, 2.75) is 213 Å². The summed E-state index contributed by atoms with van der Waals surface area (Å²) in [5, 5.41) is 10.2. The lowest BCUT2D eigenvalue weighted by Crippen LogP contribution is -2.30. The van der Waals surface area contributed by atoms with E-state index in [4.69, 9.17) is 37.0 Å². The molecule has 0 aromatic heterocycles. The number of aliphatic hydroxyl groups excluding tert-OH is 1. The van der Waals surface area contributed by atoms with Gasteiger partial charge in [0.05, 0.1) is 26.4 Å². The van der Waals surface area contributed by atoms with Crippen LogP contribution in [0.3, 0.4) is 0 Å². The van der Waals surface area contributed by atoms with Crippen LogP contribution in [0.25, 0.3) is 0 Å². The minimum atomic E-state index is -4.90. The fourth-order valence-corrected chi connectivity index (χ4v) is 7.46. The molecule has 0 aliphatic heterocycles. The topological polar surface area (TPSA) is 237 Å². The summed E-state index contributed by atoms with van der Waals surface area (Å²) in [7, 11) is -9.78. The molecule has 0 aromatic rings. The van der Waals surface area contributed by atoms with Crippen LogP contribution < -0.4 is 0 Å². The van der Waals surface area contributed by atoms with Crippen molar-refractivity contribution < 1.29 is 80.2 Å². The van der Waals surface area contributed by atoms with Gasteiger partial charge in [0.25, 0.3) is 0 Å². The van der Waals surface area contributed by atoms with Gasteiger partial charge in [-0.25, -0.2) is 9.13 Å². The highest BCUT2D eigenvalue weighted by Gasteiger charge is 2.30. The number of rotatable bonds is 44. The first kappa shape index (κ1) is 60.1. The number of carbonyl (C=O) groups is 4. The summed E-state index contributed by atoms with van der Waals surface area (Å²) < 4.78 is 65.6. The van der Waals surface area contributed by atoms with Crippen molar-refractivity contribution in [3.8, 4) is 0 Å². The monoisotopic (exact) mass is 933 g/mol. The van der Waals surface area contributed by atoms with Crippen molar-refractivity contribution in [1.82, 2.24) is 0 Å². The fourth-order valence-electron chi connectivity index (χ4n) is 5.88. The van der Waals surface area contributed by atoms with E-state index in [9.17, 15) is 43.2 Å². The molecule has 62 heavy (non-hydrogen) atoms. The van der Waals surface area contributed by atoms with Gasteiger partial charge < -0.3 is 33.8 Å². The molecule has 0 rings (SSSR count). The van der Waals surface area contributed by atoms with Crippen molar-refractivity contribution in [2.24, 2.45) is 0 Å². The molecule has 0 amide bonds. The molecule has 0 fully saturated rings. The Hall–Kier alpha value is -1.94. The molecule has 0 spiro atoms. The summed E-state index contributed by atoms with van der Waals surface area (Å²) in [6, 6.07) is 0. The summed E-state index contributed by atoms with van der Waals surface area (Å²) in [6.45, 7) is 3.99. The molecule has 5 atom stereocenters. The standard InChI is InChI=1S/C43H82O17P2/c1-5-9-13-14-15-16-17-18-19-20-21-22-23-24-26-29-41(46)54-34-39(60-43(48)30-25-10-6-2)36-58-62(51,52)56-32-37(44)31-55-61(49,50)57-35-38(59-42(47)28-12-8-4)33-53-40(45)27-11-7-3/h37-39,44H,5-36H2,1-4H3,(H,49,50)(H,51,52)/t37-,38-,39-/m1/s1. The second kappa shape index (κ2) is 39.4. The lowest BCUT2D eigenvalue weighted by Gasteiger charge is -2.21. The number of ether oxygens (including phenoxy) is 4. The largest absolute Gasteiger partial charge is 0.472 e. The van der Waals surface area contributed by atoms with Gasteiger partial charge in [0, 0.05) is 25.7 Å². The molecular weight excluding hydrogens is 850 g/mol. The van der Waals surface area contributed by atoms with Crippen molar-refractivity contribution in [2.75, 3.05) is 39.6 Å². The summed E-state index contributed by atoms with van der Waals surface area (Å²) in [5.41, 5.74) is 0. The van der Waals surface area contributed by atoms with Crippen molar-refractivity contribution in [1.29, 1.82) is 0 Å². The molecule has 0 aliphatic rings. The molecule has 0 aromatic carbocycles. The number of hydrogen-bond acceptors (Lipinski definition) is 15. The molecule has 17 nitrogen and oxygen atoms in total. The lowest BCUT2D eigenvalue weighted by molar-refractivity contribution is -0.161. The van der Waals surface area contributed by atoms with E-state index >= 15 is 0 Å². The maximum Gasteiger partial charge on any atom is 0.472 e. The minimum Gasteiger partial charge on any atom is -0.462 e. The quantitative estimate of drug-likeness (QED) is 0.0223. The predicted molar refractivity (Wildman–Crippen MR) is 234 cm³/mol. The van der Waals surface area contributed by atoms with Gasteiger partial charge in [0.2, 0.25) is 0 Å². The highest BCUT2D eigenvalue weighted by Crippen LogP contribution is 2.45. The van der Waals surface area contributed by atoms with E-state index in [1.165, 1.54) is 70.6 Å². The van der Waals surface area contributed by atoms with E-state index in [0.29, 0.717) is 25.7 Å². The Morgan fingerprint density at radius 3 is 1.05 bits per heavy atom. The van der Waals surface area contributed by atoms with Crippen LogP contribution in [0, 0.1) is 0 Å². The highest BCUT2D eigenvalue weighted by atomic mass is 31.2. The van der Waals surface area contributed by atoms with Crippen LogP contribution in [0.5, 0.6) is 0 Å². The zero-order valence-electron chi connectivity index (χ0n) is 38.3. The van der Waals surface area contributed by atoms with Crippen molar-refractivity contribution in [3.63, 3.8) is 0 Å². The first-order valence-electron chi connectivity index (χ1n) is 23.3. The van der Waals surface area contributed by atoms with E-state index in [1.807, 2.05) is 20.8 Å². The maximum atomic E-state index is 12.6. The average Bonchev–Trinajstić information content (AvgIpc) is 3.24. The van der Waals surface area contributed by atoms with Gasteiger partial charge in [0.1, 0.15) is 19.3 Å². The van der Waals surface area contributed by atoms with Gasteiger partial charge in [-0.15, -0.1) is 0 Å². The molecule has 0 saturated carbocycles. The molecule has 0 saturated heterocycles. The van der Waals surface area contributed by atoms with Crippen LogP contribution in [0.2, 0.25) is 0 Å². The summed E-state index contributed by atoms with van der Waals surface area (Å²) >= 11 is 0. The summed E-state index contributed by atoms with van der Waals surface area (Å²) in [6.07, 6.45) is 19.1. The van der Waals surface area contributed by atoms with Gasteiger partial charge in [-0.1, -0.05) is 143 Å². The van der Waals surface area contributed by atoms with Crippen molar-refractivity contribution in [3.05, 3.63) is 0 Å². The Morgan fingerprint density at radius 1 is 0.387 bits per heavy atom. The zero-order chi connectivity index (χ0) is 46.3. The number of hydrogen-bond donors (Lipinski definition) is 3. The molecule has 0 aliphatic carbocycles. The van der Waals surface area contributed by atoms with Crippen LogP contribution in [-0.4, -0.2) is 96.7 Å². The number of unbranched alkanes of at least 4 members (excludes halogenated alkanes) is 18. The molecule has 366 valence electrons. The molecule has 0 radical (unpaired) electrons. The smallest absolute Gasteiger partial charge is 0.462 e. The van der Waals surface area contributed by atoms with Gasteiger partial charge in [-0.3, -0.25) is 37.3 Å². The Labute approximate surface area is 371 Å².